The van der Waals surface area contributed by atoms with Crippen LogP contribution in [0.25, 0.3) is 27.8 Å². The van der Waals surface area contributed by atoms with Gasteiger partial charge in [0.25, 0.3) is 0 Å². The zero-order valence-electron chi connectivity index (χ0n) is 15.8. The summed E-state index contributed by atoms with van der Waals surface area (Å²) in [5.74, 6) is 1.35. The van der Waals surface area contributed by atoms with Crippen molar-refractivity contribution >= 4 is 22.4 Å². The van der Waals surface area contributed by atoms with Crippen LogP contribution in [-0.4, -0.2) is 25.9 Å². The molecule has 0 saturated heterocycles. The van der Waals surface area contributed by atoms with Crippen LogP contribution in [0.15, 0.2) is 48.5 Å². The minimum absolute atomic E-state index is 0.297. The van der Waals surface area contributed by atoms with Gasteiger partial charge in [0.1, 0.15) is 17.3 Å². The molecule has 5 nitrogen and oxygen atoms in total. The lowest BCUT2D eigenvalue weighted by Crippen LogP contribution is -2.25. The van der Waals surface area contributed by atoms with Crippen LogP contribution < -0.4 is 5.32 Å². The number of anilines is 1. The Morgan fingerprint density at radius 1 is 1.04 bits per heavy atom. The average Bonchev–Trinajstić information content (AvgIpc) is 3.14. The number of rotatable bonds is 3. The zero-order chi connectivity index (χ0) is 19.1. The first-order chi connectivity index (χ1) is 13.7. The van der Waals surface area contributed by atoms with Crippen molar-refractivity contribution in [3.8, 4) is 11.3 Å². The SMILES string of the molecule is CC1CCC(Nc2nc3c(-c4cccc(F)c4)nnn3c3ccccc23)CC1. The van der Waals surface area contributed by atoms with Crippen LogP contribution >= 0.6 is 0 Å². The van der Waals surface area contributed by atoms with Gasteiger partial charge in [-0.15, -0.1) is 5.10 Å². The first kappa shape index (κ1) is 17.1. The lowest BCUT2D eigenvalue weighted by molar-refractivity contribution is 0.361. The molecule has 2 aromatic heterocycles. The molecule has 1 fully saturated rings. The van der Waals surface area contributed by atoms with Gasteiger partial charge in [0.05, 0.1) is 5.52 Å². The van der Waals surface area contributed by atoms with Crippen LogP contribution in [0.5, 0.6) is 0 Å². The van der Waals surface area contributed by atoms with Crippen molar-refractivity contribution in [1.82, 2.24) is 19.8 Å². The van der Waals surface area contributed by atoms with Gasteiger partial charge in [-0.05, 0) is 55.9 Å². The maximum Gasteiger partial charge on any atom is 0.186 e. The Hall–Kier alpha value is -3.02. The number of para-hydroxylation sites is 1. The summed E-state index contributed by atoms with van der Waals surface area (Å²) in [7, 11) is 0. The second kappa shape index (κ2) is 6.86. The van der Waals surface area contributed by atoms with E-state index < -0.39 is 0 Å². The molecule has 0 amide bonds. The van der Waals surface area contributed by atoms with E-state index in [4.69, 9.17) is 4.98 Å². The summed E-state index contributed by atoms with van der Waals surface area (Å²) in [6, 6.07) is 14.9. The van der Waals surface area contributed by atoms with E-state index in [1.807, 2.05) is 24.3 Å². The molecule has 6 heteroatoms. The lowest BCUT2D eigenvalue weighted by atomic mass is 9.87. The minimum Gasteiger partial charge on any atom is -0.367 e. The van der Waals surface area contributed by atoms with Gasteiger partial charge in [0.2, 0.25) is 0 Å². The molecule has 1 aliphatic rings. The van der Waals surface area contributed by atoms with Gasteiger partial charge in [-0.25, -0.2) is 9.37 Å². The molecule has 0 unspecified atom stereocenters. The predicted octanol–water partition coefficient (Wildman–Crippen LogP) is 5.07. The smallest absolute Gasteiger partial charge is 0.186 e. The molecule has 142 valence electrons. The molecule has 2 aromatic carbocycles. The quantitative estimate of drug-likeness (QED) is 0.543. The van der Waals surface area contributed by atoms with Crippen molar-refractivity contribution in [3.63, 3.8) is 0 Å². The average molecular weight is 375 g/mol. The van der Waals surface area contributed by atoms with Gasteiger partial charge in [-0.3, -0.25) is 0 Å². The van der Waals surface area contributed by atoms with Gasteiger partial charge in [0, 0.05) is 17.0 Å². The predicted molar refractivity (Wildman–Crippen MR) is 109 cm³/mol. The molecule has 4 aromatic rings. The fraction of sp³-hybridized carbons (Fsp3) is 0.318. The van der Waals surface area contributed by atoms with Crippen LogP contribution in [0.1, 0.15) is 32.6 Å². The molecule has 1 aliphatic carbocycles. The van der Waals surface area contributed by atoms with Crippen molar-refractivity contribution in [2.24, 2.45) is 5.92 Å². The molecule has 0 atom stereocenters. The van der Waals surface area contributed by atoms with Crippen LogP contribution in [0.2, 0.25) is 0 Å². The Morgan fingerprint density at radius 3 is 2.68 bits per heavy atom. The topological polar surface area (TPSA) is 55.1 Å². The highest BCUT2D eigenvalue weighted by molar-refractivity contribution is 5.93. The number of hydrogen-bond acceptors (Lipinski definition) is 4. The Labute approximate surface area is 162 Å². The Balaban J connectivity index is 1.65. The molecule has 28 heavy (non-hydrogen) atoms. The van der Waals surface area contributed by atoms with E-state index in [0.29, 0.717) is 22.9 Å². The maximum atomic E-state index is 13.7. The summed E-state index contributed by atoms with van der Waals surface area (Å²) in [6.45, 7) is 2.32. The summed E-state index contributed by atoms with van der Waals surface area (Å²) in [6.07, 6.45) is 4.77. The number of halogens is 1. The molecule has 2 heterocycles. The molecule has 0 spiro atoms. The van der Waals surface area contributed by atoms with Gasteiger partial charge in [-0.1, -0.05) is 36.4 Å². The third-order valence-corrected chi connectivity index (χ3v) is 5.71. The molecule has 0 radical (unpaired) electrons. The van der Waals surface area contributed by atoms with Crippen LogP contribution in [0, 0.1) is 11.7 Å². The number of fused-ring (bicyclic) bond motifs is 3. The van der Waals surface area contributed by atoms with E-state index in [1.165, 1.54) is 25.0 Å². The van der Waals surface area contributed by atoms with E-state index in [0.717, 1.165) is 35.5 Å². The molecular weight excluding hydrogens is 353 g/mol. The fourth-order valence-electron chi connectivity index (χ4n) is 4.09. The van der Waals surface area contributed by atoms with Crippen LogP contribution in [0.4, 0.5) is 10.2 Å². The summed E-state index contributed by atoms with van der Waals surface area (Å²) in [4.78, 5) is 4.89. The van der Waals surface area contributed by atoms with Crippen LogP contribution in [-0.2, 0) is 0 Å². The molecule has 0 bridgehead atoms. The third-order valence-electron chi connectivity index (χ3n) is 5.71. The minimum atomic E-state index is -0.297. The summed E-state index contributed by atoms with van der Waals surface area (Å²) >= 11 is 0. The van der Waals surface area contributed by atoms with Crippen molar-refractivity contribution in [2.45, 2.75) is 38.6 Å². The number of nitrogens with zero attached hydrogens (tertiary/aromatic N) is 4. The standard InChI is InChI=1S/C22H22FN5/c1-14-9-11-17(12-10-14)24-21-18-7-2-3-8-19(18)28-22(25-21)20(26-27-28)15-5-4-6-16(23)13-15/h2-8,13-14,17H,9-12H2,1H3,(H,24,25). The molecule has 1 N–H and O–H groups in total. The van der Waals surface area contributed by atoms with Crippen molar-refractivity contribution in [1.29, 1.82) is 0 Å². The number of aromatic nitrogens is 4. The van der Waals surface area contributed by atoms with E-state index in [1.54, 1.807) is 10.6 Å². The summed E-state index contributed by atoms with van der Waals surface area (Å²) in [5.41, 5.74) is 2.84. The van der Waals surface area contributed by atoms with Gasteiger partial charge < -0.3 is 5.32 Å². The Morgan fingerprint density at radius 2 is 1.86 bits per heavy atom. The van der Waals surface area contributed by atoms with Crippen LogP contribution in [0.3, 0.4) is 0 Å². The van der Waals surface area contributed by atoms with Crippen molar-refractivity contribution in [2.75, 3.05) is 5.32 Å². The molecule has 0 aliphatic heterocycles. The Bertz CT molecular complexity index is 1140. The first-order valence-electron chi connectivity index (χ1n) is 9.85. The first-order valence-corrected chi connectivity index (χ1v) is 9.85. The third kappa shape index (κ3) is 2.99. The largest absolute Gasteiger partial charge is 0.367 e. The summed E-state index contributed by atoms with van der Waals surface area (Å²) in [5, 5.41) is 13.3. The zero-order valence-corrected chi connectivity index (χ0v) is 15.8. The molecular formula is C22H22FN5. The van der Waals surface area contributed by atoms with Gasteiger partial charge in [-0.2, -0.15) is 4.52 Å². The number of nitrogens with one attached hydrogen (secondary N) is 1. The highest BCUT2D eigenvalue weighted by Gasteiger charge is 2.21. The number of hydrogen-bond donors (Lipinski definition) is 1. The van der Waals surface area contributed by atoms with E-state index in [-0.39, 0.29) is 5.82 Å². The second-order valence-corrected chi connectivity index (χ2v) is 7.76. The van der Waals surface area contributed by atoms with E-state index in [9.17, 15) is 4.39 Å². The number of benzene rings is 2. The molecule has 1 saturated carbocycles. The van der Waals surface area contributed by atoms with Gasteiger partial charge >= 0.3 is 0 Å². The fourth-order valence-corrected chi connectivity index (χ4v) is 4.09. The van der Waals surface area contributed by atoms with E-state index in [2.05, 4.69) is 28.6 Å². The molecule has 5 rings (SSSR count). The van der Waals surface area contributed by atoms with Crippen molar-refractivity contribution < 1.29 is 4.39 Å². The lowest BCUT2D eigenvalue weighted by Gasteiger charge is -2.27. The Kier molecular flexibility index (Phi) is 4.19. The maximum absolute atomic E-state index is 13.7. The second-order valence-electron chi connectivity index (χ2n) is 7.76. The van der Waals surface area contributed by atoms with Gasteiger partial charge in [0.15, 0.2) is 5.65 Å². The van der Waals surface area contributed by atoms with Crippen molar-refractivity contribution in [3.05, 3.63) is 54.3 Å². The highest BCUT2D eigenvalue weighted by Crippen LogP contribution is 2.31. The summed E-state index contributed by atoms with van der Waals surface area (Å²) < 4.78 is 15.5. The van der Waals surface area contributed by atoms with E-state index >= 15 is 0 Å². The monoisotopic (exact) mass is 375 g/mol. The normalized spacial score (nSPS) is 19.9. The highest BCUT2D eigenvalue weighted by atomic mass is 19.1.